The van der Waals surface area contributed by atoms with Crippen molar-refractivity contribution >= 4 is 11.9 Å². The fourth-order valence-electron chi connectivity index (χ4n) is 11.1. The van der Waals surface area contributed by atoms with Crippen molar-refractivity contribution in [2.24, 2.45) is 58.2 Å². The molecule has 0 amide bonds. The normalized spacial score (nSPS) is 40.7. The van der Waals surface area contributed by atoms with E-state index in [1.165, 1.54) is 0 Å². The maximum absolute atomic E-state index is 15.0. The molecular formula is C30H34F12O4. The van der Waals surface area contributed by atoms with Gasteiger partial charge >= 0.3 is 36.6 Å². The standard InChI is InChI=1S/C30H34F12O4/c1-23(17-5-13-3-14(7-17)8-18(23)6-13)45-21(43)25(27(31,32)33,28(34,35)36)26(29(37,38)39,30(40,41)42)22(44)46-24(2)19-9-15-4-16(11-19)12-20(24)10-15/h13-20H,3-12H2,1-2H3. The Morgan fingerprint density at radius 2 is 0.630 bits per heavy atom. The van der Waals surface area contributed by atoms with Gasteiger partial charge in [-0.15, -0.1) is 0 Å². The van der Waals surface area contributed by atoms with Crippen molar-refractivity contribution in [3.63, 3.8) is 0 Å². The van der Waals surface area contributed by atoms with Crippen molar-refractivity contribution in [2.75, 3.05) is 0 Å². The van der Waals surface area contributed by atoms with Crippen molar-refractivity contribution in [3.8, 4) is 0 Å². The van der Waals surface area contributed by atoms with Gasteiger partial charge in [0.1, 0.15) is 11.2 Å². The Morgan fingerprint density at radius 3 is 0.804 bits per heavy atom. The second-order valence-electron chi connectivity index (χ2n) is 15.2. The average molecular weight is 687 g/mol. The van der Waals surface area contributed by atoms with E-state index < -0.39 is 82.3 Å². The Balaban J connectivity index is 1.53. The lowest BCUT2D eigenvalue weighted by atomic mass is 9.50. The largest absolute Gasteiger partial charge is 0.458 e. The molecule has 8 aliphatic carbocycles. The van der Waals surface area contributed by atoms with Crippen LogP contribution < -0.4 is 0 Å². The third-order valence-corrected chi connectivity index (χ3v) is 13.0. The molecule has 0 saturated heterocycles. The molecule has 0 unspecified atom stereocenters. The van der Waals surface area contributed by atoms with Crippen LogP contribution in [-0.4, -0.2) is 47.8 Å². The number of carbonyl (C=O) groups excluding carboxylic acids is 2. The first kappa shape index (κ1) is 34.0. The number of hydrogen-bond acceptors (Lipinski definition) is 4. The average Bonchev–Trinajstić information content (AvgIpc) is 2.85. The second-order valence-corrected chi connectivity index (χ2v) is 15.2. The highest BCUT2D eigenvalue weighted by Crippen LogP contribution is 2.73. The van der Waals surface area contributed by atoms with Gasteiger partial charge in [0, 0.05) is 0 Å². The summed E-state index contributed by atoms with van der Waals surface area (Å²) in [6.07, 6.45) is -28.0. The van der Waals surface area contributed by atoms with E-state index in [9.17, 15) is 9.59 Å². The summed E-state index contributed by atoms with van der Waals surface area (Å²) >= 11 is 0. The summed E-state index contributed by atoms with van der Waals surface area (Å²) in [4.78, 5) is 27.1. The van der Waals surface area contributed by atoms with Crippen molar-refractivity contribution < 1.29 is 71.7 Å². The van der Waals surface area contributed by atoms with Gasteiger partial charge in [-0.1, -0.05) is 0 Å². The molecule has 8 rings (SSSR count). The Labute approximate surface area is 256 Å². The molecule has 0 atom stereocenters. The van der Waals surface area contributed by atoms with Gasteiger partial charge in [0.05, 0.1) is 0 Å². The van der Waals surface area contributed by atoms with Crippen molar-refractivity contribution in [3.05, 3.63) is 0 Å². The molecule has 0 aromatic carbocycles. The van der Waals surface area contributed by atoms with Crippen LogP contribution in [0.3, 0.4) is 0 Å². The molecule has 16 heteroatoms. The lowest BCUT2D eigenvalue weighted by Crippen LogP contribution is -2.78. The fourth-order valence-corrected chi connectivity index (χ4v) is 11.1. The van der Waals surface area contributed by atoms with Crippen LogP contribution in [0.5, 0.6) is 0 Å². The van der Waals surface area contributed by atoms with Gasteiger partial charge in [0.25, 0.3) is 10.8 Å². The molecule has 0 aliphatic heterocycles. The van der Waals surface area contributed by atoms with Gasteiger partial charge in [-0.05, 0) is 125 Å². The lowest BCUT2D eigenvalue weighted by molar-refractivity contribution is -0.451. The summed E-state index contributed by atoms with van der Waals surface area (Å²) in [6.45, 7) is 1.93. The summed E-state index contributed by atoms with van der Waals surface area (Å²) in [5, 5.41) is 0. The molecule has 8 bridgehead atoms. The number of hydrogen-bond donors (Lipinski definition) is 0. The quantitative estimate of drug-likeness (QED) is 0.215. The van der Waals surface area contributed by atoms with E-state index in [0.717, 1.165) is 13.8 Å². The first-order chi connectivity index (χ1) is 20.8. The van der Waals surface area contributed by atoms with Gasteiger partial charge in [-0.2, -0.15) is 52.7 Å². The van der Waals surface area contributed by atoms with Gasteiger partial charge in [-0.25, -0.2) is 0 Å². The lowest BCUT2D eigenvalue weighted by Gasteiger charge is -2.60. The molecule has 8 aliphatic rings. The molecule has 46 heavy (non-hydrogen) atoms. The number of carbonyl (C=O) groups is 2. The van der Waals surface area contributed by atoms with E-state index in [1.807, 2.05) is 0 Å². The minimum Gasteiger partial charge on any atom is -0.458 e. The summed E-state index contributed by atoms with van der Waals surface area (Å²) in [6, 6.07) is 0. The number of ether oxygens (including phenoxy) is 2. The molecule has 0 N–H and O–H groups in total. The summed E-state index contributed by atoms with van der Waals surface area (Å²) in [5.74, 6) is -11.4. The maximum Gasteiger partial charge on any atom is 0.415 e. The minimum atomic E-state index is -7.68. The topological polar surface area (TPSA) is 52.6 Å². The van der Waals surface area contributed by atoms with Crippen molar-refractivity contribution in [1.29, 1.82) is 0 Å². The Bertz CT molecular complexity index is 1080. The van der Waals surface area contributed by atoms with Crippen LogP contribution in [0, 0.1) is 58.2 Å². The summed E-state index contributed by atoms with van der Waals surface area (Å²) < 4.78 is 190. The van der Waals surface area contributed by atoms with Crippen molar-refractivity contribution in [1.82, 2.24) is 0 Å². The van der Waals surface area contributed by atoms with Crippen LogP contribution in [0.15, 0.2) is 0 Å². The number of esters is 2. The number of rotatable bonds is 5. The van der Waals surface area contributed by atoms with Crippen LogP contribution in [0.1, 0.15) is 78.1 Å². The Hall–Kier alpha value is -1.90. The zero-order chi connectivity index (χ0) is 34.3. The summed E-state index contributed by atoms with van der Waals surface area (Å²) in [7, 11) is 0. The van der Waals surface area contributed by atoms with Crippen LogP contribution >= 0.6 is 0 Å². The van der Waals surface area contributed by atoms with Gasteiger partial charge in [0.15, 0.2) is 0 Å². The maximum atomic E-state index is 15.0. The molecule has 262 valence electrons. The second kappa shape index (κ2) is 9.84. The minimum absolute atomic E-state index is 0.0228. The fraction of sp³-hybridized carbons (Fsp3) is 0.933. The predicted octanol–water partition coefficient (Wildman–Crippen LogP) is 8.72. The monoisotopic (exact) mass is 686 g/mol. The zero-order valence-electron chi connectivity index (χ0n) is 24.9. The molecule has 0 radical (unpaired) electrons. The van der Waals surface area contributed by atoms with Crippen LogP contribution in [0.25, 0.3) is 0 Å². The highest BCUT2D eigenvalue weighted by Gasteiger charge is 3.00. The molecule has 0 aromatic heterocycles. The number of alkyl halides is 12. The zero-order valence-corrected chi connectivity index (χ0v) is 24.9. The predicted molar refractivity (Wildman–Crippen MR) is 132 cm³/mol. The van der Waals surface area contributed by atoms with Gasteiger partial charge in [-0.3, -0.25) is 9.59 Å². The first-order valence-electron chi connectivity index (χ1n) is 15.6. The first-order valence-corrected chi connectivity index (χ1v) is 15.6. The van der Waals surface area contributed by atoms with E-state index in [2.05, 4.69) is 0 Å². The van der Waals surface area contributed by atoms with Crippen LogP contribution in [0.2, 0.25) is 0 Å². The van der Waals surface area contributed by atoms with E-state index in [1.54, 1.807) is 0 Å². The highest BCUT2D eigenvalue weighted by atomic mass is 19.4. The van der Waals surface area contributed by atoms with Crippen LogP contribution in [0.4, 0.5) is 52.7 Å². The van der Waals surface area contributed by atoms with E-state index >= 15 is 52.7 Å². The van der Waals surface area contributed by atoms with Gasteiger partial charge in [0.2, 0.25) is 0 Å². The highest BCUT2D eigenvalue weighted by molar-refractivity contribution is 5.92. The summed E-state index contributed by atoms with van der Waals surface area (Å²) in [5.41, 5.74) is -19.3. The third-order valence-electron chi connectivity index (χ3n) is 13.0. The Morgan fingerprint density at radius 1 is 0.435 bits per heavy atom. The number of halogens is 12. The van der Waals surface area contributed by atoms with Crippen LogP contribution in [-0.2, 0) is 19.1 Å². The molecule has 8 saturated carbocycles. The molecular weight excluding hydrogens is 652 g/mol. The Kier molecular flexibility index (Phi) is 7.27. The SMILES string of the molecule is CC1(OC(=O)C(C(F)(F)F)(C(F)(F)F)C(C(=O)OC2(C)C3CC4CC(C3)CC2C4)(C(F)(F)F)C(F)(F)F)C2CC3CC(C2)CC1C3. The van der Waals surface area contributed by atoms with E-state index in [-0.39, 0.29) is 75.0 Å². The molecule has 0 spiro atoms. The van der Waals surface area contributed by atoms with Gasteiger partial charge < -0.3 is 9.47 Å². The smallest absolute Gasteiger partial charge is 0.415 e. The molecule has 0 heterocycles. The van der Waals surface area contributed by atoms with E-state index in [0.29, 0.717) is 12.8 Å². The van der Waals surface area contributed by atoms with Crippen molar-refractivity contribution in [2.45, 2.75) is 114 Å². The molecule has 8 fully saturated rings. The molecule has 0 aromatic rings. The third kappa shape index (κ3) is 4.27. The molecule has 4 nitrogen and oxygen atoms in total. The van der Waals surface area contributed by atoms with E-state index in [4.69, 9.17) is 9.47 Å².